The van der Waals surface area contributed by atoms with E-state index in [2.05, 4.69) is 30.3 Å². The molecule has 0 saturated heterocycles. The summed E-state index contributed by atoms with van der Waals surface area (Å²) >= 11 is 6.99. The molecule has 0 fully saturated rings. The summed E-state index contributed by atoms with van der Waals surface area (Å²) in [6, 6.07) is 10.6. The fraction of sp³-hybridized carbons (Fsp3) is 0.300. The maximum absolute atomic E-state index is 9.00. The second-order valence-electron chi connectivity index (χ2n) is 2.55. The van der Waals surface area contributed by atoms with Gasteiger partial charge in [0.25, 0.3) is 5.97 Å². The first-order valence-corrected chi connectivity index (χ1v) is 11.6. The van der Waals surface area contributed by atoms with Gasteiger partial charge in [-0.25, -0.2) is 0 Å². The van der Waals surface area contributed by atoms with Crippen molar-refractivity contribution < 1.29 is 62.1 Å². The van der Waals surface area contributed by atoms with Crippen LogP contribution in [0.15, 0.2) is 30.3 Å². The molecule has 0 bridgehead atoms. The fourth-order valence-electron chi connectivity index (χ4n) is 0.478. The number of hydrogen-bond donors (Lipinski definition) is 1. The molecule has 0 amide bonds. The summed E-state index contributed by atoms with van der Waals surface area (Å²) in [6.07, 6.45) is 0. The van der Waals surface area contributed by atoms with Crippen LogP contribution in [0, 0.1) is 0 Å². The molecule has 1 N–H and O–H groups in total. The third-order valence-corrected chi connectivity index (χ3v) is 6.19. The molecule has 0 spiro atoms. The van der Waals surface area contributed by atoms with E-state index in [1.807, 2.05) is 0 Å². The molecule has 0 atom stereocenters. The second kappa shape index (κ2) is 14.9. The van der Waals surface area contributed by atoms with Gasteiger partial charge in [-0.15, -0.1) is 0 Å². The van der Waals surface area contributed by atoms with Crippen molar-refractivity contribution >= 4 is 20.6 Å². The Kier molecular flexibility index (Phi) is 18.0. The minimum absolute atomic E-state index is 0.810. The van der Waals surface area contributed by atoms with Crippen molar-refractivity contribution in [3.63, 3.8) is 0 Å². The van der Waals surface area contributed by atoms with E-state index in [0.717, 1.165) is 65.0 Å². The molecule has 0 saturated carbocycles. The number of rotatable bonds is 1. The number of benzene rings is 1. The first kappa shape index (κ1) is 18.2. The zero-order valence-corrected chi connectivity index (χ0v) is 20.7. The summed E-state index contributed by atoms with van der Waals surface area (Å²) in [4.78, 5) is 9.00. The summed E-state index contributed by atoms with van der Waals surface area (Å²) in [6.45, 7) is 1.08. The van der Waals surface area contributed by atoms with Crippen molar-refractivity contribution in [2.24, 2.45) is 0 Å². The van der Waals surface area contributed by atoms with E-state index in [0.29, 0.717) is 0 Å². The number of aliphatic carboxylic acids is 1. The SMILES string of the molecule is CC(=O)O.ClC[CH2][Hg].[Hg][c]1ccccc1. The summed E-state index contributed by atoms with van der Waals surface area (Å²) < 4.78 is 2.80. The maximum atomic E-state index is 9.00. The van der Waals surface area contributed by atoms with Gasteiger partial charge >= 0.3 is 107 Å². The molecule has 0 aromatic heterocycles. The Bertz CT molecular complexity index is 236. The minimum atomic E-state index is -0.833. The molecule has 1 aromatic rings. The Morgan fingerprint density at radius 2 is 1.73 bits per heavy atom. The van der Waals surface area contributed by atoms with E-state index in [1.165, 1.54) is 7.00 Å². The van der Waals surface area contributed by atoms with Crippen molar-refractivity contribution in [1.82, 2.24) is 0 Å². The van der Waals surface area contributed by atoms with E-state index in [-0.39, 0.29) is 0 Å². The number of halogens is 1. The molecule has 76 valence electrons. The van der Waals surface area contributed by atoms with Crippen molar-refractivity contribution in [2.45, 2.75) is 10.9 Å². The van der Waals surface area contributed by atoms with E-state index in [1.54, 1.807) is 0 Å². The van der Waals surface area contributed by atoms with Gasteiger partial charge in [-0.05, 0) is 0 Å². The van der Waals surface area contributed by atoms with E-state index < -0.39 is 5.97 Å². The van der Waals surface area contributed by atoms with Crippen LogP contribution >= 0.6 is 11.6 Å². The van der Waals surface area contributed by atoms with Crippen LogP contribution in [0.3, 0.4) is 0 Å². The van der Waals surface area contributed by atoms with Crippen LogP contribution in [0.2, 0.25) is 3.93 Å². The predicted molar refractivity (Wildman–Crippen MR) is 54.9 cm³/mol. The second-order valence-corrected chi connectivity index (χ2v) is 8.85. The van der Waals surface area contributed by atoms with Gasteiger partial charge in [0, 0.05) is 6.92 Å². The third-order valence-electron chi connectivity index (χ3n) is 0.976. The number of alkyl halides is 1. The van der Waals surface area contributed by atoms with Gasteiger partial charge in [-0.2, -0.15) is 0 Å². The van der Waals surface area contributed by atoms with Crippen molar-refractivity contribution in [3.8, 4) is 0 Å². The summed E-state index contributed by atoms with van der Waals surface area (Å²) in [7, 11) is 0. The average molecular weight is 602 g/mol. The van der Waals surface area contributed by atoms with Crippen LogP contribution in [-0.2, 0) is 57.0 Å². The van der Waals surface area contributed by atoms with E-state index in [4.69, 9.17) is 21.5 Å². The zero-order valence-electron chi connectivity index (χ0n) is 8.95. The average Bonchev–Trinajstić information content (AvgIpc) is 2.18. The van der Waals surface area contributed by atoms with Crippen molar-refractivity contribution in [2.75, 3.05) is 5.88 Å². The standard InChI is InChI=1S/C6H5.C2H4Cl.C2H4O2.2Hg/c1-2-4-6-5-3-1;1-2-3;1-2(3)4;;/h1-5H;1-2H2;1H3,(H,3,4);;. The van der Waals surface area contributed by atoms with Crippen LogP contribution in [0.25, 0.3) is 0 Å². The van der Waals surface area contributed by atoms with Gasteiger partial charge in [0.1, 0.15) is 0 Å². The number of carbonyl (C=O) groups is 1. The van der Waals surface area contributed by atoms with Crippen LogP contribution in [0.1, 0.15) is 6.92 Å². The number of carboxylic acids is 1. The number of hydrogen-bond acceptors (Lipinski definition) is 1. The van der Waals surface area contributed by atoms with Crippen LogP contribution < -0.4 is 3.07 Å². The molecule has 0 aliphatic heterocycles. The topological polar surface area (TPSA) is 37.3 Å². The normalized spacial score (nSPS) is 7.87. The van der Waals surface area contributed by atoms with Crippen LogP contribution in [0.5, 0.6) is 0 Å². The first-order valence-electron chi connectivity index (χ1n) is 4.46. The molecule has 0 aliphatic carbocycles. The molecule has 0 unspecified atom stereocenters. The fourth-order valence-corrected chi connectivity index (χ4v) is 1.54. The van der Waals surface area contributed by atoms with Gasteiger partial charge in [0.05, 0.1) is 0 Å². The zero-order chi connectivity index (χ0) is 12.1. The van der Waals surface area contributed by atoms with E-state index >= 15 is 0 Å². The quantitative estimate of drug-likeness (QED) is 0.396. The van der Waals surface area contributed by atoms with Crippen molar-refractivity contribution in [1.29, 1.82) is 0 Å². The summed E-state index contributed by atoms with van der Waals surface area (Å²) in [5.41, 5.74) is 0. The molecular weight excluding hydrogens is 589 g/mol. The van der Waals surface area contributed by atoms with E-state index in [9.17, 15) is 0 Å². The molecule has 0 heterocycles. The molecule has 1 rings (SSSR count). The van der Waals surface area contributed by atoms with Gasteiger partial charge in [-0.1, -0.05) is 0 Å². The Morgan fingerprint density at radius 3 is 1.87 bits per heavy atom. The van der Waals surface area contributed by atoms with Gasteiger partial charge < -0.3 is 5.11 Å². The van der Waals surface area contributed by atoms with Gasteiger partial charge in [0.15, 0.2) is 0 Å². The molecule has 0 aliphatic rings. The predicted octanol–water partition coefficient (Wildman–Crippen LogP) is 2.14. The first-order chi connectivity index (χ1) is 7.04. The Labute approximate surface area is 128 Å². The summed E-state index contributed by atoms with van der Waals surface area (Å²) in [5.74, 6) is 0.0448. The van der Waals surface area contributed by atoms with Crippen LogP contribution in [-0.4, -0.2) is 17.0 Å². The molecule has 1 aromatic carbocycles. The van der Waals surface area contributed by atoms with Crippen LogP contribution in [0.4, 0.5) is 0 Å². The molecule has 5 heteroatoms. The monoisotopic (exact) mass is 604 g/mol. The van der Waals surface area contributed by atoms with Crippen molar-refractivity contribution in [3.05, 3.63) is 30.3 Å². The Hall–Kier alpha value is 0.850. The van der Waals surface area contributed by atoms with Gasteiger partial charge in [-0.3, -0.25) is 4.79 Å². The Balaban J connectivity index is 0. The molecule has 0 radical (unpaired) electrons. The third kappa shape index (κ3) is 25.3. The molecule has 2 nitrogen and oxygen atoms in total. The molecular formula is C10H13ClHg2O2. The Morgan fingerprint density at radius 1 is 1.40 bits per heavy atom. The number of carboxylic acid groups (broad SMARTS) is 1. The molecule has 15 heavy (non-hydrogen) atoms. The van der Waals surface area contributed by atoms with Gasteiger partial charge in [0.2, 0.25) is 0 Å². The summed E-state index contributed by atoms with van der Waals surface area (Å²) in [5, 5.41) is 7.42.